The molecule has 0 fully saturated rings. The van der Waals surface area contributed by atoms with Gasteiger partial charge in [0.1, 0.15) is 6.61 Å². The number of aliphatic imine (C=N–C) groups is 1. The van der Waals surface area contributed by atoms with Crippen molar-refractivity contribution in [2.45, 2.75) is 26.2 Å². The Morgan fingerprint density at radius 3 is 2.53 bits per heavy atom. The van der Waals surface area contributed by atoms with Gasteiger partial charge in [0.2, 0.25) is 5.90 Å². The molecule has 0 unspecified atom stereocenters. The number of pyridine rings is 1. The number of nitrogens with zero attached hydrogens (tertiary/aromatic N) is 2. The summed E-state index contributed by atoms with van der Waals surface area (Å²) < 4.78 is 5.37. The lowest BCUT2D eigenvalue weighted by atomic mass is 9.91. The molecule has 80 valence electrons. The van der Waals surface area contributed by atoms with Gasteiger partial charge in [-0.1, -0.05) is 20.8 Å². The molecule has 3 heteroatoms. The average Bonchev–Trinajstić information content (AvgIpc) is 2.69. The largest absolute Gasteiger partial charge is 0.475 e. The molecule has 0 radical (unpaired) electrons. The van der Waals surface area contributed by atoms with E-state index in [2.05, 4.69) is 30.7 Å². The summed E-state index contributed by atoms with van der Waals surface area (Å²) in [6, 6.07) is 4.07. The van der Waals surface area contributed by atoms with Gasteiger partial charge in [0.05, 0.1) is 12.1 Å². The second-order valence-corrected chi connectivity index (χ2v) is 4.72. The van der Waals surface area contributed by atoms with Crippen LogP contribution in [0.25, 0.3) is 0 Å². The molecule has 1 aliphatic rings. The summed E-state index contributed by atoms with van der Waals surface area (Å²) in [6.45, 7) is 7.91. The maximum Gasteiger partial charge on any atom is 0.217 e. The summed E-state index contributed by atoms with van der Waals surface area (Å²) >= 11 is 0. The average molecular weight is 204 g/mol. The maximum atomic E-state index is 5.37. The Kier molecular flexibility index (Phi) is 2.47. The smallest absolute Gasteiger partial charge is 0.217 e. The number of rotatable bonds is 1. The summed E-state index contributed by atoms with van der Waals surface area (Å²) in [5.41, 5.74) is 2.15. The molecule has 0 saturated heterocycles. The van der Waals surface area contributed by atoms with Crippen LogP contribution >= 0.6 is 0 Å². The molecule has 0 atom stereocenters. The zero-order valence-corrected chi connectivity index (χ0v) is 9.45. The third kappa shape index (κ3) is 2.17. The molecule has 3 nitrogen and oxygen atoms in total. The van der Waals surface area contributed by atoms with Crippen LogP contribution in [-0.4, -0.2) is 24.0 Å². The lowest BCUT2D eigenvalue weighted by Crippen LogP contribution is -2.14. The zero-order valence-electron chi connectivity index (χ0n) is 9.45. The van der Waals surface area contributed by atoms with E-state index >= 15 is 0 Å². The third-order valence-electron chi connectivity index (χ3n) is 2.36. The zero-order chi connectivity index (χ0) is 10.9. The number of hydrogen-bond donors (Lipinski definition) is 0. The molecule has 15 heavy (non-hydrogen) atoms. The van der Waals surface area contributed by atoms with Crippen molar-refractivity contribution in [3.8, 4) is 0 Å². The first-order valence-corrected chi connectivity index (χ1v) is 5.21. The molecule has 0 spiro atoms. The van der Waals surface area contributed by atoms with Crippen LogP contribution in [0.15, 0.2) is 23.3 Å². The normalized spacial score (nSPS) is 16.1. The van der Waals surface area contributed by atoms with Crippen molar-refractivity contribution in [1.82, 2.24) is 4.98 Å². The van der Waals surface area contributed by atoms with Gasteiger partial charge in [-0.3, -0.25) is 4.98 Å². The van der Waals surface area contributed by atoms with Gasteiger partial charge in [0, 0.05) is 17.3 Å². The Labute approximate surface area is 90.2 Å². The first-order valence-electron chi connectivity index (χ1n) is 5.21. The van der Waals surface area contributed by atoms with Gasteiger partial charge in [0.25, 0.3) is 0 Å². The molecular weight excluding hydrogens is 188 g/mol. The fourth-order valence-electron chi connectivity index (χ4n) is 1.47. The molecule has 1 aromatic rings. The lowest BCUT2D eigenvalue weighted by molar-refractivity contribution is 0.348. The molecule has 0 bridgehead atoms. The Bertz CT molecular complexity index is 374. The van der Waals surface area contributed by atoms with Crippen LogP contribution in [-0.2, 0) is 10.2 Å². The monoisotopic (exact) mass is 204 g/mol. The van der Waals surface area contributed by atoms with Gasteiger partial charge < -0.3 is 4.74 Å². The summed E-state index contributed by atoms with van der Waals surface area (Å²) in [4.78, 5) is 8.69. The predicted molar refractivity (Wildman–Crippen MR) is 60.3 cm³/mol. The molecule has 1 aromatic heterocycles. The second kappa shape index (κ2) is 3.65. The summed E-state index contributed by atoms with van der Waals surface area (Å²) in [7, 11) is 0. The van der Waals surface area contributed by atoms with E-state index in [-0.39, 0.29) is 5.41 Å². The van der Waals surface area contributed by atoms with E-state index in [1.54, 1.807) is 0 Å². The van der Waals surface area contributed by atoms with Crippen molar-refractivity contribution < 1.29 is 4.74 Å². The Morgan fingerprint density at radius 1 is 1.27 bits per heavy atom. The lowest BCUT2D eigenvalue weighted by Gasteiger charge is -2.17. The summed E-state index contributed by atoms with van der Waals surface area (Å²) in [6.07, 6.45) is 1.84. The number of hydrogen-bond acceptors (Lipinski definition) is 3. The van der Waals surface area contributed by atoms with Gasteiger partial charge in [-0.2, -0.15) is 0 Å². The van der Waals surface area contributed by atoms with Crippen LogP contribution in [0, 0.1) is 0 Å². The van der Waals surface area contributed by atoms with Crippen molar-refractivity contribution in [3.63, 3.8) is 0 Å². The van der Waals surface area contributed by atoms with Gasteiger partial charge in [-0.05, 0) is 12.1 Å². The standard InChI is InChI=1S/C12H16N2O/c1-12(2,3)10-5-4-9(8-14-10)11-13-6-7-15-11/h4-5,8H,6-7H2,1-3H3. The highest BCUT2D eigenvalue weighted by molar-refractivity contribution is 5.94. The van der Waals surface area contributed by atoms with Crippen LogP contribution in [0.2, 0.25) is 0 Å². The highest BCUT2D eigenvalue weighted by Gasteiger charge is 2.16. The molecule has 0 N–H and O–H groups in total. The van der Waals surface area contributed by atoms with Crippen molar-refractivity contribution in [2.75, 3.05) is 13.2 Å². The minimum Gasteiger partial charge on any atom is -0.475 e. The highest BCUT2D eigenvalue weighted by Crippen LogP contribution is 2.20. The van der Waals surface area contributed by atoms with Gasteiger partial charge in [-0.25, -0.2) is 4.99 Å². The molecule has 0 aromatic carbocycles. The van der Waals surface area contributed by atoms with Crippen LogP contribution in [0.1, 0.15) is 32.0 Å². The Balaban J connectivity index is 2.24. The second-order valence-electron chi connectivity index (χ2n) is 4.72. The minimum atomic E-state index is 0.0941. The Morgan fingerprint density at radius 2 is 2.07 bits per heavy atom. The van der Waals surface area contributed by atoms with Crippen LogP contribution < -0.4 is 0 Å². The fourth-order valence-corrected chi connectivity index (χ4v) is 1.47. The van der Waals surface area contributed by atoms with Crippen molar-refractivity contribution in [3.05, 3.63) is 29.6 Å². The van der Waals surface area contributed by atoms with E-state index in [0.29, 0.717) is 6.61 Å². The quantitative estimate of drug-likeness (QED) is 0.702. The minimum absolute atomic E-state index is 0.0941. The third-order valence-corrected chi connectivity index (χ3v) is 2.36. The molecule has 1 aliphatic heterocycles. The molecular formula is C12H16N2O. The molecule has 0 amide bonds. The summed E-state index contributed by atoms with van der Waals surface area (Å²) in [5.74, 6) is 0.725. The molecule has 0 aliphatic carbocycles. The van der Waals surface area contributed by atoms with E-state index in [1.807, 2.05) is 18.3 Å². The topological polar surface area (TPSA) is 34.5 Å². The highest BCUT2D eigenvalue weighted by atomic mass is 16.5. The SMILES string of the molecule is CC(C)(C)c1ccc(C2=NCCO2)cn1. The van der Waals surface area contributed by atoms with E-state index in [0.717, 1.165) is 23.7 Å². The maximum absolute atomic E-state index is 5.37. The van der Waals surface area contributed by atoms with E-state index < -0.39 is 0 Å². The fraction of sp³-hybridized carbons (Fsp3) is 0.500. The van der Waals surface area contributed by atoms with Gasteiger partial charge in [0.15, 0.2) is 0 Å². The molecule has 0 saturated carbocycles. The van der Waals surface area contributed by atoms with Gasteiger partial charge >= 0.3 is 0 Å². The first-order chi connectivity index (χ1) is 7.07. The number of ether oxygens (including phenoxy) is 1. The first kappa shape index (κ1) is 10.1. The Hall–Kier alpha value is -1.38. The van der Waals surface area contributed by atoms with E-state index in [4.69, 9.17) is 4.74 Å². The predicted octanol–water partition coefficient (Wildman–Crippen LogP) is 2.16. The van der Waals surface area contributed by atoms with E-state index in [9.17, 15) is 0 Å². The van der Waals surface area contributed by atoms with Crippen molar-refractivity contribution >= 4 is 5.90 Å². The van der Waals surface area contributed by atoms with E-state index in [1.165, 1.54) is 0 Å². The van der Waals surface area contributed by atoms with Crippen LogP contribution in [0.5, 0.6) is 0 Å². The van der Waals surface area contributed by atoms with Gasteiger partial charge in [-0.15, -0.1) is 0 Å². The van der Waals surface area contributed by atoms with Crippen LogP contribution in [0.3, 0.4) is 0 Å². The van der Waals surface area contributed by atoms with Crippen molar-refractivity contribution in [2.24, 2.45) is 4.99 Å². The van der Waals surface area contributed by atoms with Crippen molar-refractivity contribution in [1.29, 1.82) is 0 Å². The molecule has 2 rings (SSSR count). The van der Waals surface area contributed by atoms with Crippen LogP contribution in [0.4, 0.5) is 0 Å². The number of aromatic nitrogens is 1. The molecule has 2 heterocycles. The summed E-state index contributed by atoms with van der Waals surface area (Å²) in [5, 5.41) is 0.